The topological polar surface area (TPSA) is 41.1 Å². The summed E-state index contributed by atoms with van der Waals surface area (Å²) in [6, 6.07) is 0.399. The van der Waals surface area contributed by atoms with E-state index in [1.54, 1.807) is 0 Å². The molecule has 0 aliphatic carbocycles. The van der Waals surface area contributed by atoms with Crippen molar-refractivity contribution in [2.75, 3.05) is 18.1 Å². The van der Waals surface area contributed by atoms with Gasteiger partial charge in [-0.05, 0) is 12.8 Å². The van der Waals surface area contributed by atoms with Gasteiger partial charge in [-0.15, -0.1) is 0 Å². The van der Waals surface area contributed by atoms with Crippen molar-refractivity contribution < 1.29 is 4.79 Å². The molecule has 1 aliphatic rings. The zero-order chi connectivity index (χ0) is 12.5. The molecule has 1 heterocycles. The van der Waals surface area contributed by atoms with Crippen LogP contribution in [-0.2, 0) is 4.79 Å². The van der Waals surface area contributed by atoms with Crippen LogP contribution in [0.5, 0.6) is 0 Å². The molecule has 1 amide bonds. The second kappa shape index (κ2) is 8.81. The van der Waals surface area contributed by atoms with Gasteiger partial charge in [-0.1, -0.05) is 33.1 Å². The fraction of sp³-hybridized carbons (Fsp3) is 0.923. The van der Waals surface area contributed by atoms with Crippen molar-refractivity contribution in [2.24, 2.45) is 0 Å². The summed E-state index contributed by atoms with van der Waals surface area (Å²) in [6.45, 7) is 5.33. The molecule has 0 spiro atoms. The third-order valence-electron chi connectivity index (χ3n) is 3.13. The average Bonchev–Trinajstić information content (AvgIpc) is 2.37. The molecule has 1 saturated heterocycles. The van der Waals surface area contributed by atoms with E-state index in [0.29, 0.717) is 6.04 Å². The van der Waals surface area contributed by atoms with Gasteiger partial charge in [0.2, 0.25) is 5.91 Å². The van der Waals surface area contributed by atoms with Crippen LogP contribution in [0.4, 0.5) is 0 Å². The lowest BCUT2D eigenvalue weighted by Gasteiger charge is -2.25. The minimum Gasteiger partial charge on any atom is -0.352 e. The molecule has 0 saturated carbocycles. The minimum absolute atomic E-state index is 0.0229. The van der Waals surface area contributed by atoms with Crippen molar-refractivity contribution in [3.05, 3.63) is 0 Å². The molecule has 0 radical (unpaired) electrons. The van der Waals surface area contributed by atoms with Crippen LogP contribution in [0, 0.1) is 0 Å². The summed E-state index contributed by atoms with van der Waals surface area (Å²) in [4.78, 5) is 12.1. The van der Waals surface area contributed by atoms with Crippen molar-refractivity contribution in [1.82, 2.24) is 10.6 Å². The summed E-state index contributed by atoms with van der Waals surface area (Å²) >= 11 is 1.87. The van der Waals surface area contributed by atoms with E-state index in [-0.39, 0.29) is 11.9 Å². The summed E-state index contributed by atoms with van der Waals surface area (Å²) in [6.07, 6.45) is 5.77. The number of carbonyl (C=O) groups is 1. The molecule has 1 fully saturated rings. The number of rotatable bonds is 7. The molecule has 1 aliphatic heterocycles. The number of hydrogen-bond donors (Lipinski definition) is 2. The fourth-order valence-corrected chi connectivity index (χ4v) is 3.06. The maximum Gasteiger partial charge on any atom is 0.238 e. The van der Waals surface area contributed by atoms with E-state index < -0.39 is 0 Å². The highest BCUT2D eigenvalue weighted by molar-refractivity contribution is 7.99. The van der Waals surface area contributed by atoms with Gasteiger partial charge >= 0.3 is 0 Å². The Morgan fingerprint density at radius 1 is 1.41 bits per heavy atom. The van der Waals surface area contributed by atoms with Crippen LogP contribution < -0.4 is 10.6 Å². The van der Waals surface area contributed by atoms with E-state index in [4.69, 9.17) is 0 Å². The van der Waals surface area contributed by atoms with Crippen molar-refractivity contribution in [1.29, 1.82) is 0 Å². The van der Waals surface area contributed by atoms with Crippen LogP contribution in [0.1, 0.15) is 46.0 Å². The van der Waals surface area contributed by atoms with Gasteiger partial charge in [-0.3, -0.25) is 4.79 Å². The fourth-order valence-electron chi connectivity index (χ4n) is 2.12. The second-order valence-corrected chi connectivity index (χ2v) is 5.87. The Labute approximate surface area is 109 Å². The van der Waals surface area contributed by atoms with Crippen LogP contribution in [0.25, 0.3) is 0 Å². The Balaban J connectivity index is 2.33. The van der Waals surface area contributed by atoms with Gasteiger partial charge < -0.3 is 10.6 Å². The van der Waals surface area contributed by atoms with Gasteiger partial charge in [0, 0.05) is 24.1 Å². The first kappa shape index (κ1) is 14.8. The third kappa shape index (κ3) is 5.77. The molecule has 0 aromatic rings. The lowest BCUT2D eigenvalue weighted by molar-refractivity contribution is -0.123. The molecule has 1 rings (SSSR count). The Morgan fingerprint density at radius 2 is 2.24 bits per heavy atom. The minimum atomic E-state index is 0.0229. The van der Waals surface area contributed by atoms with Crippen molar-refractivity contribution in [2.45, 2.75) is 58.0 Å². The van der Waals surface area contributed by atoms with E-state index in [9.17, 15) is 4.79 Å². The molecule has 0 aromatic heterocycles. The average molecular weight is 258 g/mol. The number of nitrogens with one attached hydrogen (secondary N) is 2. The highest BCUT2D eigenvalue weighted by Crippen LogP contribution is 2.10. The summed E-state index contributed by atoms with van der Waals surface area (Å²) in [5.74, 6) is 2.24. The molecule has 4 heteroatoms. The third-order valence-corrected chi connectivity index (χ3v) is 4.19. The molecular weight excluding hydrogens is 232 g/mol. The van der Waals surface area contributed by atoms with Crippen LogP contribution >= 0.6 is 11.8 Å². The van der Waals surface area contributed by atoms with E-state index in [1.807, 2.05) is 11.8 Å². The molecule has 2 atom stereocenters. The van der Waals surface area contributed by atoms with E-state index in [1.165, 1.54) is 12.8 Å². The van der Waals surface area contributed by atoms with Crippen LogP contribution in [0.3, 0.4) is 0 Å². The maximum absolute atomic E-state index is 12.1. The smallest absolute Gasteiger partial charge is 0.238 e. The zero-order valence-corrected chi connectivity index (χ0v) is 11.9. The molecule has 17 heavy (non-hydrogen) atoms. The summed E-state index contributed by atoms with van der Waals surface area (Å²) in [5.41, 5.74) is 0. The molecule has 2 unspecified atom stereocenters. The van der Waals surface area contributed by atoms with Gasteiger partial charge in [0.25, 0.3) is 0 Å². The zero-order valence-electron chi connectivity index (χ0n) is 11.1. The SMILES string of the molecule is CCCCC(CCC)NC(=O)C1CSCCN1. The lowest BCUT2D eigenvalue weighted by Crippen LogP contribution is -2.51. The van der Waals surface area contributed by atoms with Gasteiger partial charge in [0.05, 0.1) is 6.04 Å². The molecule has 2 N–H and O–H groups in total. The van der Waals surface area contributed by atoms with Crippen LogP contribution in [-0.4, -0.2) is 36.0 Å². The predicted molar refractivity (Wildman–Crippen MR) is 75.5 cm³/mol. The van der Waals surface area contributed by atoms with Crippen molar-refractivity contribution in [3.63, 3.8) is 0 Å². The van der Waals surface area contributed by atoms with Gasteiger partial charge in [0.1, 0.15) is 0 Å². The first-order chi connectivity index (χ1) is 8.27. The quantitative estimate of drug-likeness (QED) is 0.735. The van der Waals surface area contributed by atoms with Crippen molar-refractivity contribution in [3.8, 4) is 0 Å². The Bertz CT molecular complexity index is 217. The number of amides is 1. The number of unbranched alkanes of at least 4 members (excludes halogenated alkanes) is 1. The first-order valence-electron chi connectivity index (χ1n) is 6.89. The van der Waals surface area contributed by atoms with E-state index >= 15 is 0 Å². The second-order valence-electron chi connectivity index (χ2n) is 4.72. The summed E-state index contributed by atoms with van der Waals surface area (Å²) < 4.78 is 0. The monoisotopic (exact) mass is 258 g/mol. The lowest BCUT2D eigenvalue weighted by atomic mass is 10.0. The van der Waals surface area contributed by atoms with Crippen molar-refractivity contribution >= 4 is 17.7 Å². The number of thioether (sulfide) groups is 1. The molecule has 0 bridgehead atoms. The first-order valence-corrected chi connectivity index (χ1v) is 8.04. The largest absolute Gasteiger partial charge is 0.352 e. The molecule has 0 aromatic carbocycles. The van der Waals surface area contributed by atoms with Crippen LogP contribution in [0.15, 0.2) is 0 Å². The van der Waals surface area contributed by atoms with E-state index in [2.05, 4.69) is 24.5 Å². The maximum atomic E-state index is 12.1. The number of carbonyl (C=O) groups excluding carboxylic acids is 1. The van der Waals surface area contributed by atoms with Gasteiger partial charge in [-0.2, -0.15) is 11.8 Å². The Morgan fingerprint density at radius 3 is 2.82 bits per heavy atom. The number of hydrogen-bond acceptors (Lipinski definition) is 3. The summed E-state index contributed by atoms with van der Waals surface area (Å²) in [5, 5.41) is 6.50. The summed E-state index contributed by atoms with van der Waals surface area (Å²) in [7, 11) is 0. The highest BCUT2D eigenvalue weighted by Gasteiger charge is 2.22. The Hall–Kier alpha value is -0.220. The highest BCUT2D eigenvalue weighted by atomic mass is 32.2. The van der Waals surface area contributed by atoms with Crippen LogP contribution in [0.2, 0.25) is 0 Å². The molecular formula is C13H26N2OS. The standard InChI is InChI=1S/C13H26N2OS/c1-3-5-7-11(6-4-2)15-13(16)12-10-17-9-8-14-12/h11-12,14H,3-10H2,1-2H3,(H,15,16). The molecule has 3 nitrogen and oxygen atoms in total. The normalized spacial score (nSPS) is 22.1. The van der Waals surface area contributed by atoms with Gasteiger partial charge in [0.15, 0.2) is 0 Å². The van der Waals surface area contributed by atoms with E-state index in [0.717, 1.165) is 37.3 Å². The van der Waals surface area contributed by atoms with Gasteiger partial charge in [-0.25, -0.2) is 0 Å². The molecule has 100 valence electrons. The Kier molecular flexibility index (Phi) is 7.69. The predicted octanol–water partition coefficient (Wildman–Crippen LogP) is 2.17.